The lowest BCUT2D eigenvalue weighted by molar-refractivity contribution is -0.384. The number of carboxylic acids is 1. The smallest absolute Gasteiger partial charge is 0.342 e. The number of hydrogen-bond donors (Lipinski definition) is 1. The lowest BCUT2D eigenvalue weighted by Gasteiger charge is -2.37. The standard InChI is InChI=1S/C26H21FN4O7S/c1-13-30-18-11-19(17(27)10-16(18)24(33)23(26(34)35)25(30)39-13)29-6-4-28(5-7-29)12-20(32)22-9-14-8-15(31(36)37)2-3-21(14)38-22/h2-3,8-11,13H,4-7,12H2,1H3,(H,34,35). The molecule has 1 saturated heterocycles. The third-order valence-electron chi connectivity index (χ3n) is 7.15. The minimum atomic E-state index is -1.33. The second-order valence-corrected chi connectivity index (χ2v) is 10.8. The zero-order valence-corrected chi connectivity index (χ0v) is 21.4. The van der Waals surface area contributed by atoms with Gasteiger partial charge in [-0.1, -0.05) is 11.8 Å². The number of carboxylic acid groups (broad SMARTS) is 1. The molecule has 1 atom stereocenters. The van der Waals surface area contributed by atoms with Crippen LogP contribution in [0.4, 0.5) is 15.8 Å². The molecule has 1 unspecified atom stereocenters. The Balaban J connectivity index is 1.19. The first-order valence-corrected chi connectivity index (χ1v) is 13.0. The number of nitro groups is 1. The average molecular weight is 553 g/mol. The Morgan fingerprint density at radius 1 is 1.18 bits per heavy atom. The van der Waals surface area contributed by atoms with Crippen LogP contribution in [0.3, 0.4) is 0 Å². The predicted octanol–water partition coefficient (Wildman–Crippen LogP) is 4.12. The number of aromatic carboxylic acids is 1. The van der Waals surface area contributed by atoms with Crippen molar-refractivity contribution < 1.29 is 28.4 Å². The van der Waals surface area contributed by atoms with Crippen LogP contribution in [0.5, 0.6) is 0 Å². The van der Waals surface area contributed by atoms with Crippen molar-refractivity contribution in [1.29, 1.82) is 0 Å². The Morgan fingerprint density at radius 3 is 2.59 bits per heavy atom. The predicted molar refractivity (Wildman–Crippen MR) is 142 cm³/mol. The number of anilines is 1. The number of benzene rings is 2. The van der Waals surface area contributed by atoms with Gasteiger partial charge in [0.05, 0.1) is 33.1 Å². The number of Topliss-reactive ketones (excluding diaryl/α,β-unsaturated/α-hetero) is 1. The molecule has 0 radical (unpaired) electrons. The van der Waals surface area contributed by atoms with E-state index in [4.69, 9.17) is 4.42 Å². The van der Waals surface area contributed by atoms with Crippen LogP contribution < -0.4 is 10.3 Å². The monoisotopic (exact) mass is 552 g/mol. The number of nitrogens with zero attached hydrogens (tertiary/aromatic N) is 4. The number of furan rings is 1. The molecule has 0 aliphatic carbocycles. The van der Waals surface area contributed by atoms with Gasteiger partial charge in [0.15, 0.2) is 5.76 Å². The Hall–Kier alpha value is -4.23. The van der Waals surface area contributed by atoms with Crippen LogP contribution in [0.15, 0.2) is 50.6 Å². The second-order valence-electron chi connectivity index (χ2n) is 9.50. The summed E-state index contributed by atoms with van der Waals surface area (Å²) >= 11 is 1.29. The van der Waals surface area contributed by atoms with Crippen LogP contribution in [0, 0.1) is 15.9 Å². The zero-order valence-electron chi connectivity index (χ0n) is 20.5. The maximum Gasteiger partial charge on any atom is 0.342 e. The highest BCUT2D eigenvalue weighted by Crippen LogP contribution is 2.46. The lowest BCUT2D eigenvalue weighted by Crippen LogP contribution is -2.48. The Bertz CT molecular complexity index is 1770. The van der Waals surface area contributed by atoms with Gasteiger partial charge in [0.25, 0.3) is 5.69 Å². The van der Waals surface area contributed by atoms with Crippen LogP contribution in [0.1, 0.15) is 33.2 Å². The third-order valence-corrected chi connectivity index (χ3v) is 8.33. The fourth-order valence-electron chi connectivity index (χ4n) is 5.18. The van der Waals surface area contributed by atoms with Gasteiger partial charge in [-0.15, -0.1) is 0 Å². The van der Waals surface area contributed by atoms with E-state index in [1.54, 1.807) is 10.6 Å². The Kier molecular flexibility index (Phi) is 5.92. The molecule has 4 aromatic rings. The summed E-state index contributed by atoms with van der Waals surface area (Å²) in [6, 6.07) is 8.35. The van der Waals surface area contributed by atoms with E-state index in [1.807, 2.05) is 16.7 Å². The van der Waals surface area contributed by atoms with Gasteiger partial charge in [0.2, 0.25) is 11.2 Å². The van der Waals surface area contributed by atoms with Crippen LogP contribution in [0.25, 0.3) is 21.9 Å². The van der Waals surface area contributed by atoms with Crippen LogP contribution in [-0.2, 0) is 0 Å². The van der Waals surface area contributed by atoms with E-state index in [-0.39, 0.29) is 40.1 Å². The molecule has 2 aromatic carbocycles. The molecule has 39 heavy (non-hydrogen) atoms. The molecule has 2 aromatic heterocycles. The molecule has 11 nitrogen and oxygen atoms in total. The van der Waals surface area contributed by atoms with Crippen molar-refractivity contribution in [3.05, 3.63) is 73.9 Å². The van der Waals surface area contributed by atoms with E-state index in [1.165, 1.54) is 36.0 Å². The number of thioether (sulfide) groups is 1. The molecule has 2 aliphatic heterocycles. The number of halogens is 1. The fourth-order valence-corrected chi connectivity index (χ4v) is 6.33. The molecule has 0 amide bonds. The van der Waals surface area contributed by atoms with Gasteiger partial charge >= 0.3 is 5.97 Å². The number of fused-ring (bicyclic) bond motifs is 4. The van der Waals surface area contributed by atoms with E-state index >= 15 is 4.39 Å². The molecule has 6 rings (SSSR count). The normalized spacial score (nSPS) is 17.3. The number of ketones is 1. The molecular weight excluding hydrogens is 531 g/mol. The van der Waals surface area contributed by atoms with Crippen molar-refractivity contribution in [3.63, 3.8) is 0 Å². The van der Waals surface area contributed by atoms with Crippen molar-refractivity contribution in [2.24, 2.45) is 0 Å². The zero-order chi connectivity index (χ0) is 27.6. The first-order chi connectivity index (χ1) is 18.6. The molecule has 1 fully saturated rings. The van der Waals surface area contributed by atoms with E-state index in [0.717, 1.165) is 6.07 Å². The van der Waals surface area contributed by atoms with Crippen LogP contribution in [0.2, 0.25) is 0 Å². The fraction of sp³-hybridized carbons (Fsp3) is 0.269. The molecule has 0 bridgehead atoms. The summed E-state index contributed by atoms with van der Waals surface area (Å²) in [5, 5.41) is 21.3. The number of aromatic nitrogens is 1. The summed E-state index contributed by atoms with van der Waals surface area (Å²) in [6.45, 7) is 3.75. The SMILES string of the molecule is CC1Sc2c(C(=O)O)c(=O)c3cc(F)c(N4CCN(CC(=O)c5cc6cc([N+](=O)[O-])ccc6o5)CC4)cc3n21. The van der Waals surface area contributed by atoms with Crippen molar-refractivity contribution >= 4 is 56.8 Å². The van der Waals surface area contributed by atoms with Gasteiger partial charge < -0.3 is 19.0 Å². The molecule has 0 saturated carbocycles. The number of carbonyl (C=O) groups is 2. The molecule has 0 spiro atoms. The highest BCUT2D eigenvalue weighted by Gasteiger charge is 2.33. The Morgan fingerprint density at radius 2 is 1.92 bits per heavy atom. The molecule has 200 valence electrons. The summed E-state index contributed by atoms with van der Waals surface area (Å²) < 4.78 is 22.6. The van der Waals surface area contributed by atoms with Crippen molar-refractivity contribution in [1.82, 2.24) is 9.47 Å². The van der Waals surface area contributed by atoms with Gasteiger partial charge in [-0.3, -0.25) is 24.6 Å². The Labute approximate surface area is 223 Å². The summed E-state index contributed by atoms with van der Waals surface area (Å²) in [5.41, 5.74) is 0.0717. The molecular formula is C26H21FN4O7S. The minimum absolute atomic E-state index is 0.0324. The first-order valence-electron chi connectivity index (χ1n) is 12.1. The molecule has 2 aliphatic rings. The quantitative estimate of drug-likeness (QED) is 0.211. The average Bonchev–Trinajstić information content (AvgIpc) is 3.32. The number of rotatable bonds is 6. The van der Waals surface area contributed by atoms with Gasteiger partial charge in [0.1, 0.15) is 17.0 Å². The minimum Gasteiger partial charge on any atom is -0.477 e. The van der Waals surface area contributed by atoms with Gasteiger partial charge in [-0.05, 0) is 31.2 Å². The number of non-ortho nitro benzene ring substituents is 1. The summed E-state index contributed by atoms with van der Waals surface area (Å²) in [6.07, 6.45) is 0. The van der Waals surface area contributed by atoms with Crippen molar-refractivity contribution in [3.8, 4) is 0 Å². The van der Waals surface area contributed by atoms with E-state index in [2.05, 4.69) is 0 Å². The number of pyridine rings is 1. The van der Waals surface area contributed by atoms with E-state index < -0.39 is 22.1 Å². The summed E-state index contributed by atoms with van der Waals surface area (Å²) in [4.78, 5) is 51.6. The molecule has 13 heteroatoms. The second kappa shape index (κ2) is 9.20. The number of nitro benzene ring substituents is 1. The van der Waals surface area contributed by atoms with Gasteiger partial charge in [-0.2, -0.15) is 0 Å². The maximum atomic E-state index is 15.2. The van der Waals surface area contributed by atoms with Gasteiger partial charge in [-0.25, -0.2) is 9.18 Å². The van der Waals surface area contributed by atoms with Crippen molar-refractivity contribution in [2.45, 2.75) is 17.3 Å². The van der Waals surface area contributed by atoms with E-state index in [9.17, 15) is 29.6 Å². The molecule has 4 heterocycles. The largest absolute Gasteiger partial charge is 0.477 e. The number of carbonyl (C=O) groups excluding carboxylic acids is 1. The maximum absolute atomic E-state index is 15.2. The first kappa shape index (κ1) is 25.1. The third kappa shape index (κ3) is 4.14. The number of hydrogen-bond acceptors (Lipinski definition) is 9. The highest BCUT2D eigenvalue weighted by molar-refractivity contribution is 8.00. The summed E-state index contributed by atoms with van der Waals surface area (Å²) in [7, 11) is 0. The molecule has 1 N–H and O–H groups in total. The van der Waals surface area contributed by atoms with E-state index in [0.29, 0.717) is 53.4 Å². The lowest BCUT2D eigenvalue weighted by atomic mass is 10.1. The summed E-state index contributed by atoms with van der Waals surface area (Å²) in [5.74, 6) is -2.09. The topological polar surface area (TPSA) is 139 Å². The van der Waals surface area contributed by atoms with Crippen LogP contribution in [-0.4, -0.2) is 64.0 Å². The van der Waals surface area contributed by atoms with Crippen LogP contribution >= 0.6 is 11.8 Å². The number of piperazine rings is 1. The van der Waals surface area contributed by atoms with Gasteiger partial charge in [0, 0.05) is 49.1 Å². The van der Waals surface area contributed by atoms with Crippen molar-refractivity contribution in [2.75, 3.05) is 37.6 Å². The highest BCUT2D eigenvalue weighted by atomic mass is 32.2.